The molecule has 0 radical (unpaired) electrons. The van der Waals surface area contributed by atoms with Crippen molar-refractivity contribution in [1.29, 1.82) is 0 Å². The number of carboxylic acids is 1. The molecule has 2 aromatic rings. The second-order valence-corrected chi connectivity index (χ2v) is 8.55. The number of aliphatic hydroxyl groups is 4. The zero-order valence-corrected chi connectivity index (χ0v) is 18.9. The predicted molar refractivity (Wildman–Crippen MR) is 117 cm³/mol. The van der Waals surface area contributed by atoms with Crippen LogP contribution in [0.3, 0.4) is 0 Å². The lowest BCUT2D eigenvalue weighted by Crippen LogP contribution is -2.61. The van der Waals surface area contributed by atoms with Crippen molar-refractivity contribution < 1.29 is 64.6 Å². The number of phenolic OH excluding ortho intramolecular Hbond substituents is 3. The van der Waals surface area contributed by atoms with Gasteiger partial charge in [-0.2, -0.15) is 0 Å². The maximum atomic E-state index is 11.3. The Morgan fingerprint density at radius 2 is 1.69 bits per heavy atom. The summed E-state index contributed by atoms with van der Waals surface area (Å²) in [6.45, 7) is 0.0364. The molecule has 2 aromatic carbocycles. The van der Waals surface area contributed by atoms with Crippen LogP contribution in [0.2, 0.25) is 0 Å². The Balaban J connectivity index is 1.61. The standard InChI is InChI=1S/C23H26O13/c1-33-7-8-2-13(25)11(6-12(8)24)20-15(27)5-10-14(26)3-9(4-16(10)35-20)34-23-19(30)17(28)18(29)21(36-23)22(31)32/h2-4,6,15,17-21,23-30H,5,7H2,1H3,(H,31,32). The number of aromatic hydroxyl groups is 3. The van der Waals surface area contributed by atoms with E-state index in [2.05, 4.69) is 0 Å². The van der Waals surface area contributed by atoms with Gasteiger partial charge in [-0.05, 0) is 12.1 Å². The van der Waals surface area contributed by atoms with E-state index < -0.39 is 48.9 Å². The Morgan fingerprint density at radius 1 is 0.972 bits per heavy atom. The molecule has 2 aliphatic rings. The van der Waals surface area contributed by atoms with Crippen molar-refractivity contribution in [3.05, 3.63) is 41.0 Å². The number of aliphatic hydroxyl groups excluding tert-OH is 4. The molecule has 196 valence electrons. The van der Waals surface area contributed by atoms with Crippen molar-refractivity contribution in [2.75, 3.05) is 7.11 Å². The number of aliphatic carboxylic acids is 1. The molecule has 7 atom stereocenters. The molecule has 1 saturated heterocycles. The van der Waals surface area contributed by atoms with Crippen molar-refractivity contribution in [3.63, 3.8) is 0 Å². The lowest BCUT2D eigenvalue weighted by molar-refractivity contribution is -0.271. The normalized spacial score (nSPS) is 29.8. The minimum absolute atomic E-state index is 0.0285. The molecule has 0 saturated carbocycles. The lowest BCUT2D eigenvalue weighted by Gasteiger charge is -2.38. The quantitative estimate of drug-likeness (QED) is 0.225. The molecule has 2 aliphatic heterocycles. The highest BCUT2D eigenvalue weighted by atomic mass is 16.7. The fourth-order valence-electron chi connectivity index (χ4n) is 4.21. The number of rotatable bonds is 6. The fourth-order valence-corrected chi connectivity index (χ4v) is 4.21. The number of hydrogen-bond donors (Lipinski definition) is 8. The van der Waals surface area contributed by atoms with Gasteiger partial charge in [-0.3, -0.25) is 0 Å². The number of ether oxygens (including phenoxy) is 4. The van der Waals surface area contributed by atoms with Gasteiger partial charge in [0.2, 0.25) is 6.29 Å². The molecular formula is C23H26O13. The van der Waals surface area contributed by atoms with Crippen LogP contribution in [0, 0.1) is 0 Å². The van der Waals surface area contributed by atoms with Crippen LogP contribution in [0.1, 0.15) is 22.8 Å². The highest BCUT2D eigenvalue weighted by Crippen LogP contribution is 2.45. The molecule has 1 fully saturated rings. The summed E-state index contributed by atoms with van der Waals surface area (Å²) in [4.78, 5) is 11.3. The van der Waals surface area contributed by atoms with E-state index in [4.69, 9.17) is 18.9 Å². The van der Waals surface area contributed by atoms with E-state index in [9.17, 15) is 45.6 Å². The van der Waals surface area contributed by atoms with Gasteiger partial charge >= 0.3 is 5.97 Å². The third kappa shape index (κ3) is 4.72. The van der Waals surface area contributed by atoms with Gasteiger partial charge in [0.15, 0.2) is 12.2 Å². The average Bonchev–Trinajstić information content (AvgIpc) is 2.82. The monoisotopic (exact) mass is 510 g/mol. The van der Waals surface area contributed by atoms with Gasteiger partial charge in [-0.15, -0.1) is 0 Å². The van der Waals surface area contributed by atoms with Crippen LogP contribution in [-0.4, -0.2) is 90.7 Å². The summed E-state index contributed by atoms with van der Waals surface area (Å²) >= 11 is 0. The molecule has 0 aliphatic carbocycles. The molecule has 0 bridgehead atoms. The number of carbonyl (C=O) groups is 1. The van der Waals surface area contributed by atoms with Crippen LogP contribution in [0.4, 0.5) is 0 Å². The zero-order chi connectivity index (χ0) is 26.3. The van der Waals surface area contributed by atoms with E-state index in [1.54, 1.807) is 0 Å². The summed E-state index contributed by atoms with van der Waals surface area (Å²) < 4.78 is 21.3. The SMILES string of the molecule is COCc1cc(O)c(C2Oc3cc(OC4OC(C(=O)O)C(O)C(O)C4O)cc(O)c3CC2O)cc1O. The Morgan fingerprint density at radius 3 is 2.36 bits per heavy atom. The number of phenols is 3. The summed E-state index contributed by atoms with van der Waals surface area (Å²) in [5.74, 6) is -2.53. The number of fused-ring (bicyclic) bond motifs is 1. The van der Waals surface area contributed by atoms with Gasteiger partial charge in [0.25, 0.3) is 0 Å². The summed E-state index contributed by atoms with van der Waals surface area (Å²) in [6.07, 6.45) is -11.7. The van der Waals surface area contributed by atoms with E-state index in [1.165, 1.54) is 25.3 Å². The lowest BCUT2D eigenvalue weighted by atomic mass is 9.92. The van der Waals surface area contributed by atoms with Crippen molar-refractivity contribution in [2.45, 2.75) is 55.9 Å². The minimum Gasteiger partial charge on any atom is -0.508 e. The van der Waals surface area contributed by atoms with Crippen LogP contribution in [0.5, 0.6) is 28.7 Å². The second kappa shape index (κ2) is 9.97. The first kappa shape index (κ1) is 25.8. The van der Waals surface area contributed by atoms with Crippen LogP contribution in [-0.2, 0) is 27.3 Å². The van der Waals surface area contributed by atoms with Gasteiger partial charge in [-0.25, -0.2) is 4.79 Å². The smallest absolute Gasteiger partial charge is 0.335 e. The zero-order valence-electron chi connectivity index (χ0n) is 18.9. The van der Waals surface area contributed by atoms with Crippen molar-refractivity contribution in [3.8, 4) is 28.7 Å². The minimum atomic E-state index is -1.90. The molecule has 13 heteroatoms. The molecule has 0 aromatic heterocycles. The summed E-state index contributed by atoms with van der Waals surface area (Å²) in [5, 5.41) is 81.0. The van der Waals surface area contributed by atoms with E-state index in [-0.39, 0.29) is 52.9 Å². The first-order valence-corrected chi connectivity index (χ1v) is 10.8. The second-order valence-electron chi connectivity index (χ2n) is 8.55. The number of hydrogen-bond acceptors (Lipinski definition) is 12. The van der Waals surface area contributed by atoms with E-state index in [1.807, 2.05) is 0 Å². The number of benzene rings is 2. The molecule has 7 unspecified atom stereocenters. The van der Waals surface area contributed by atoms with Gasteiger partial charge in [0.1, 0.15) is 47.1 Å². The first-order chi connectivity index (χ1) is 17.0. The summed E-state index contributed by atoms with van der Waals surface area (Å²) in [5.41, 5.74) is 0.592. The largest absolute Gasteiger partial charge is 0.508 e. The molecule has 2 heterocycles. The fraction of sp³-hybridized carbons (Fsp3) is 0.435. The highest BCUT2D eigenvalue weighted by molar-refractivity contribution is 5.73. The Bertz CT molecular complexity index is 1140. The molecule has 36 heavy (non-hydrogen) atoms. The van der Waals surface area contributed by atoms with Gasteiger partial charge in [0, 0.05) is 42.4 Å². The molecular weight excluding hydrogens is 484 g/mol. The van der Waals surface area contributed by atoms with E-state index in [0.29, 0.717) is 5.56 Å². The third-order valence-electron chi connectivity index (χ3n) is 6.08. The van der Waals surface area contributed by atoms with Crippen molar-refractivity contribution in [1.82, 2.24) is 0 Å². The van der Waals surface area contributed by atoms with Crippen LogP contribution < -0.4 is 9.47 Å². The van der Waals surface area contributed by atoms with Crippen LogP contribution >= 0.6 is 0 Å². The Hall–Kier alpha value is -3.33. The molecule has 8 N–H and O–H groups in total. The average molecular weight is 510 g/mol. The maximum Gasteiger partial charge on any atom is 0.335 e. The molecule has 13 nitrogen and oxygen atoms in total. The number of methoxy groups -OCH3 is 1. The predicted octanol–water partition coefficient (Wildman–Crippen LogP) is -0.742. The van der Waals surface area contributed by atoms with Crippen molar-refractivity contribution in [2.24, 2.45) is 0 Å². The third-order valence-corrected chi connectivity index (χ3v) is 6.08. The summed E-state index contributed by atoms with van der Waals surface area (Å²) in [6, 6.07) is 4.89. The van der Waals surface area contributed by atoms with Crippen LogP contribution in [0.25, 0.3) is 0 Å². The Labute approximate surface area is 203 Å². The van der Waals surface area contributed by atoms with Gasteiger partial charge < -0.3 is 59.8 Å². The molecule has 0 amide bonds. The van der Waals surface area contributed by atoms with E-state index in [0.717, 1.165) is 6.07 Å². The summed E-state index contributed by atoms with van der Waals surface area (Å²) in [7, 11) is 1.42. The van der Waals surface area contributed by atoms with Crippen molar-refractivity contribution >= 4 is 5.97 Å². The highest BCUT2D eigenvalue weighted by Gasteiger charge is 2.48. The molecule has 4 rings (SSSR count). The van der Waals surface area contributed by atoms with Gasteiger partial charge in [-0.1, -0.05) is 0 Å². The van der Waals surface area contributed by atoms with Crippen LogP contribution in [0.15, 0.2) is 24.3 Å². The number of carboxylic acid groups (broad SMARTS) is 1. The maximum absolute atomic E-state index is 11.3. The van der Waals surface area contributed by atoms with Gasteiger partial charge in [0.05, 0.1) is 12.7 Å². The molecule has 0 spiro atoms. The first-order valence-electron chi connectivity index (χ1n) is 10.8. The van der Waals surface area contributed by atoms with E-state index >= 15 is 0 Å². The topological polar surface area (TPSA) is 216 Å². The Kier molecular flexibility index (Phi) is 7.13.